The SMILES string of the molecule is Cc1nnc(C(OC[C@@H]2CC[C@H](n3cnc4c(N)nc(Cl)nc43)O2)[PH](O)(O)O)o1. The van der Waals surface area contributed by atoms with E-state index in [0.29, 0.717) is 24.0 Å². The zero-order valence-corrected chi connectivity index (χ0v) is 16.9. The van der Waals surface area contributed by atoms with Crippen LogP contribution in [0.25, 0.3) is 11.2 Å². The third-order valence-corrected chi connectivity index (χ3v) is 5.67. The molecule has 1 aliphatic heterocycles. The first-order valence-corrected chi connectivity index (χ1v) is 10.9. The van der Waals surface area contributed by atoms with E-state index >= 15 is 0 Å². The Balaban J connectivity index is 1.45. The van der Waals surface area contributed by atoms with Gasteiger partial charge in [0.2, 0.25) is 0 Å². The Morgan fingerprint density at radius 2 is 2.14 bits per heavy atom. The summed E-state index contributed by atoms with van der Waals surface area (Å²) in [6.07, 6.45) is 1.96. The van der Waals surface area contributed by atoms with Gasteiger partial charge in [-0.1, -0.05) is 0 Å². The van der Waals surface area contributed by atoms with Gasteiger partial charge in [0, 0.05) is 0 Å². The molecule has 0 radical (unpaired) electrons. The van der Waals surface area contributed by atoms with E-state index in [4.69, 9.17) is 31.2 Å². The molecule has 0 amide bonds. The summed E-state index contributed by atoms with van der Waals surface area (Å²) < 4.78 is 18.3. The molecule has 0 bridgehead atoms. The van der Waals surface area contributed by atoms with E-state index in [-0.39, 0.29) is 29.5 Å². The van der Waals surface area contributed by atoms with Gasteiger partial charge in [-0.05, 0) is 0 Å². The van der Waals surface area contributed by atoms with E-state index in [1.807, 2.05) is 0 Å². The molecule has 1 aliphatic rings. The second-order valence-corrected chi connectivity index (χ2v) is 8.79. The van der Waals surface area contributed by atoms with Crippen LogP contribution in [-0.2, 0) is 9.47 Å². The first kappa shape index (κ1) is 20.3. The van der Waals surface area contributed by atoms with Crippen LogP contribution < -0.4 is 5.73 Å². The van der Waals surface area contributed by atoms with Gasteiger partial charge in [0.15, 0.2) is 0 Å². The first-order chi connectivity index (χ1) is 13.7. The van der Waals surface area contributed by atoms with Gasteiger partial charge < -0.3 is 0 Å². The van der Waals surface area contributed by atoms with Crippen molar-refractivity contribution >= 4 is 36.5 Å². The second-order valence-electron chi connectivity index (χ2n) is 6.55. The van der Waals surface area contributed by atoms with Crippen LogP contribution in [-0.4, -0.2) is 57.1 Å². The molecule has 0 saturated carbocycles. The number of hydrogen-bond acceptors (Lipinski definition) is 12. The van der Waals surface area contributed by atoms with Crippen LogP contribution >= 0.6 is 19.5 Å². The number of nitrogen functional groups attached to an aromatic ring is 1. The molecule has 158 valence electrons. The standard InChI is InChI=1S/C14H19ClN7O6P/c1-6-20-21-12(27-6)13(29(23,24)25)26-4-7-2-3-8(28-7)22-5-17-9-10(16)18-14(15)19-11(9)22/h5,7-8,13,23-25,29H,2-4H2,1H3,(H2,16,18,19)/t7-,8+,13?/m0/s1. The summed E-state index contributed by atoms with van der Waals surface area (Å²) in [4.78, 5) is 41.3. The average Bonchev–Trinajstić information content (AvgIpc) is 3.33. The molecule has 13 nitrogen and oxygen atoms in total. The van der Waals surface area contributed by atoms with Gasteiger partial charge in [-0.25, -0.2) is 0 Å². The molecule has 0 aliphatic carbocycles. The van der Waals surface area contributed by atoms with E-state index in [1.165, 1.54) is 13.3 Å². The zero-order valence-electron chi connectivity index (χ0n) is 15.1. The molecule has 4 rings (SSSR count). The van der Waals surface area contributed by atoms with E-state index in [1.54, 1.807) is 4.57 Å². The number of nitrogens with zero attached hydrogens (tertiary/aromatic N) is 6. The van der Waals surface area contributed by atoms with Crippen LogP contribution in [0.1, 0.15) is 36.7 Å². The summed E-state index contributed by atoms with van der Waals surface area (Å²) in [5, 5.41) is 7.30. The van der Waals surface area contributed by atoms with Gasteiger partial charge in [0.25, 0.3) is 0 Å². The molecule has 15 heteroatoms. The molecule has 29 heavy (non-hydrogen) atoms. The topological polar surface area (TPSA) is 188 Å². The van der Waals surface area contributed by atoms with E-state index in [9.17, 15) is 14.7 Å². The fourth-order valence-corrected chi connectivity index (χ4v) is 4.04. The molecule has 4 heterocycles. The number of hydrogen-bond donors (Lipinski definition) is 4. The Kier molecular flexibility index (Phi) is 5.38. The van der Waals surface area contributed by atoms with Crippen molar-refractivity contribution in [3.05, 3.63) is 23.4 Å². The first-order valence-electron chi connectivity index (χ1n) is 8.62. The minimum absolute atomic E-state index is 0.00228. The number of anilines is 1. The van der Waals surface area contributed by atoms with E-state index < -0.39 is 26.1 Å². The Hall–Kier alpha value is -1.99. The fraction of sp³-hybridized carbons (Fsp3) is 0.500. The Morgan fingerprint density at radius 1 is 1.34 bits per heavy atom. The third-order valence-electron chi connectivity index (χ3n) is 4.38. The Labute approximate surface area is 169 Å². The molecule has 3 aromatic rings. The molecule has 1 saturated heterocycles. The van der Waals surface area contributed by atoms with Crippen molar-refractivity contribution in [2.24, 2.45) is 0 Å². The predicted molar refractivity (Wildman–Crippen MR) is 101 cm³/mol. The third kappa shape index (κ3) is 4.16. The van der Waals surface area contributed by atoms with Crippen molar-refractivity contribution in [1.82, 2.24) is 29.7 Å². The molecule has 3 aromatic heterocycles. The summed E-state index contributed by atoms with van der Waals surface area (Å²) in [7, 11) is -4.74. The monoisotopic (exact) mass is 447 g/mol. The summed E-state index contributed by atoms with van der Waals surface area (Å²) in [5.41, 5.74) is 6.68. The van der Waals surface area contributed by atoms with Crippen molar-refractivity contribution in [3.63, 3.8) is 0 Å². The van der Waals surface area contributed by atoms with Crippen LogP contribution in [0, 0.1) is 6.92 Å². The average molecular weight is 448 g/mol. The number of rotatable bonds is 6. The van der Waals surface area contributed by atoms with Gasteiger partial charge in [-0.3, -0.25) is 0 Å². The van der Waals surface area contributed by atoms with Crippen LogP contribution in [0.3, 0.4) is 0 Å². The Morgan fingerprint density at radius 3 is 2.83 bits per heavy atom. The van der Waals surface area contributed by atoms with E-state index in [0.717, 1.165) is 0 Å². The number of aryl methyl sites for hydroxylation is 1. The van der Waals surface area contributed by atoms with Crippen molar-refractivity contribution in [2.45, 2.75) is 37.9 Å². The maximum atomic E-state index is 9.69. The quantitative estimate of drug-likeness (QED) is 0.305. The van der Waals surface area contributed by atoms with Gasteiger partial charge in [-0.15, -0.1) is 0 Å². The van der Waals surface area contributed by atoms with Crippen molar-refractivity contribution in [1.29, 1.82) is 0 Å². The van der Waals surface area contributed by atoms with Crippen molar-refractivity contribution in [2.75, 3.05) is 12.3 Å². The maximum absolute atomic E-state index is 9.69. The number of ether oxygens (including phenoxy) is 2. The minimum atomic E-state index is -4.74. The number of nitrogens with two attached hydrogens (primary N) is 1. The van der Waals surface area contributed by atoms with Gasteiger partial charge in [0.1, 0.15) is 0 Å². The molecular formula is C14H19ClN7O6P. The van der Waals surface area contributed by atoms with Crippen LogP contribution in [0.5, 0.6) is 0 Å². The second kappa shape index (κ2) is 7.69. The fourth-order valence-electron chi connectivity index (χ4n) is 3.11. The van der Waals surface area contributed by atoms with Crippen LogP contribution in [0.4, 0.5) is 5.82 Å². The molecule has 0 aromatic carbocycles. The normalized spacial score (nSPS) is 21.7. The van der Waals surface area contributed by atoms with E-state index in [2.05, 4.69) is 25.1 Å². The van der Waals surface area contributed by atoms with Crippen molar-refractivity contribution in [3.8, 4) is 0 Å². The molecule has 0 spiro atoms. The number of imidazole rings is 1. The molecule has 5 N–H and O–H groups in total. The summed E-state index contributed by atoms with van der Waals surface area (Å²) in [5.74, 6) is -1.36. The van der Waals surface area contributed by atoms with Gasteiger partial charge in [0.05, 0.1) is 0 Å². The van der Waals surface area contributed by atoms with Gasteiger partial charge in [-0.2, -0.15) is 0 Å². The summed E-state index contributed by atoms with van der Waals surface area (Å²) >= 11 is 5.88. The summed E-state index contributed by atoms with van der Waals surface area (Å²) in [6, 6.07) is 0. The number of aromatic nitrogens is 6. The molecule has 3 atom stereocenters. The Bertz CT molecular complexity index is 1020. The number of halogens is 1. The number of fused-ring (bicyclic) bond motifs is 1. The predicted octanol–water partition coefficient (Wildman–Crippen LogP) is 0.618. The molecular weight excluding hydrogens is 429 g/mol. The molecule has 1 unspecified atom stereocenters. The summed E-state index contributed by atoms with van der Waals surface area (Å²) in [6.45, 7) is 1.50. The van der Waals surface area contributed by atoms with Crippen LogP contribution in [0.15, 0.2) is 10.7 Å². The zero-order chi connectivity index (χ0) is 20.8. The van der Waals surface area contributed by atoms with Crippen molar-refractivity contribution < 1.29 is 28.6 Å². The van der Waals surface area contributed by atoms with Gasteiger partial charge >= 0.3 is 168 Å². The van der Waals surface area contributed by atoms with Crippen LogP contribution in [0.2, 0.25) is 5.28 Å². The molecule has 1 fully saturated rings.